The molecule has 3 rings (SSSR count). The second-order valence-corrected chi connectivity index (χ2v) is 7.51. The van der Waals surface area contributed by atoms with E-state index in [0.717, 1.165) is 30.1 Å². The minimum atomic E-state index is -0.473. The zero-order valence-corrected chi connectivity index (χ0v) is 15.5. The highest BCUT2D eigenvalue weighted by molar-refractivity contribution is 6.33. The van der Waals surface area contributed by atoms with E-state index in [1.807, 2.05) is 51.1 Å². The highest BCUT2D eigenvalue weighted by Crippen LogP contribution is 2.32. The molecule has 0 bridgehead atoms. The van der Waals surface area contributed by atoms with Crippen LogP contribution in [0.4, 0.5) is 10.5 Å². The summed E-state index contributed by atoms with van der Waals surface area (Å²) in [6.07, 6.45) is 1.39. The molecule has 6 heteroatoms. The molecule has 1 aliphatic rings. The molecule has 5 nitrogen and oxygen atoms in total. The van der Waals surface area contributed by atoms with Crippen molar-refractivity contribution in [3.8, 4) is 11.3 Å². The van der Waals surface area contributed by atoms with Gasteiger partial charge >= 0.3 is 6.09 Å². The third-order valence-corrected chi connectivity index (χ3v) is 4.33. The van der Waals surface area contributed by atoms with Gasteiger partial charge in [-0.3, -0.25) is 0 Å². The van der Waals surface area contributed by atoms with E-state index in [1.165, 1.54) is 0 Å². The maximum atomic E-state index is 12.1. The standard InChI is InChI=1S/C19H23ClN2O3/c1-19(2,3)25-18(23)22-10-8-21(9-11-22)16-7-6-14(13-15(16)20)17-5-4-12-24-17/h4-7,12-13H,8-11H2,1-3H3. The van der Waals surface area contributed by atoms with Gasteiger partial charge in [0, 0.05) is 31.7 Å². The topological polar surface area (TPSA) is 45.9 Å². The lowest BCUT2D eigenvalue weighted by Crippen LogP contribution is -2.50. The molecule has 0 N–H and O–H groups in total. The molecule has 0 radical (unpaired) electrons. The molecule has 0 unspecified atom stereocenters. The summed E-state index contributed by atoms with van der Waals surface area (Å²) in [6.45, 7) is 8.30. The number of furan rings is 1. The Hall–Kier alpha value is -2.14. The number of piperazine rings is 1. The molecule has 2 heterocycles. The highest BCUT2D eigenvalue weighted by atomic mass is 35.5. The molecule has 2 aromatic rings. The predicted molar refractivity (Wildman–Crippen MR) is 99.2 cm³/mol. The van der Waals surface area contributed by atoms with Crippen molar-refractivity contribution in [2.45, 2.75) is 26.4 Å². The highest BCUT2D eigenvalue weighted by Gasteiger charge is 2.26. The Morgan fingerprint density at radius 2 is 1.88 bits per heavy atom. The fourth-order valence-electron chi connectivity index (χ4n) is 2.82. The van der Waals surface area contributed by atoms with Gasteiger partial charge in [-0.05, 0) is 51.1 Å². The van der Waals surface area contributed by atoms with Gasteiger partial charge in [-0.25, -0.2) is 4.79 Å². The molecule has 1 aliphatic heterocycles. The van der Waals surface area contributed by atoms with Crippen LogP contribution in [0.2, 0.25) is 5.02 Å². The first-order chi connectivity index (χ1) is 11.8. The number of rotatable bonds is 2. The molecule has 1 saturated heterocycles. The summed E-state index contributed by atoms with van der Waals surface area (Å²) in [5.41, 5.74) is 1.45. The minimum Gasteiger partial charge on any atom is -0.464 e. The van der Waals surface area contributed by atoms with Crippen molar-refractivity contribution in [2.75, 3.05) is 31.1 Å². The van der Waals surface area contributed by atoms with Crippen molar-refractivity contribution >= 4 is 23.4 Å². The Morgan fingerprint density at radius 3 is 2.44 bits per heavy atom. The van der Waals surface area contributed by atoms with E-state index in [1.54, 1.807) is 11.2 Å². The number of hydrogen-bond donors (Lipinski definition) is 0. The fraction of sp³-hybridized carbons (Fsp3) is 0.421. The van der Waals surface area contributed by atoms with Crippen LogP contribution in [0, 0.1) is 0 Å². The monoisotopic (exact) mass is 362 g/mol. The van der Waals surface area contributed by atoms with Gasteiger partial charge in [0.1, 0.15) is 11.4 Å². The van der Waals surface area contributed by atoms with Gasteiger partial charge in [-0.1, -0.05) is 11.6 Å². The van der Waals surface area contributed by atoms with Gasteiger partial charge in [-0.2, -0.15) is 0 Å². The first-order valence-electron chi connectivity index (χ1n) is 8.40. The number of ether oxygens (including phenoxy) is 1. The number of hydrogen-bond acceptors (Lipinski definition) is 4. The van der Waals surface area contributed by atoms with Gasteiger partial charge in [-0.15, -0.1) is 0 Å². The van der Waals surface area contributed by atoms with Gasteiger partial charge < -0.3 is 19.0 Å². The Labute approximate surface area is 153 Å². The Bertz CT molecular complexity index is 730. The van der Waals surface area contributed by atoms with Gasteiger partial charge in [0.15, 0.2) is 0 Å². The Morgan fingerprint density at radius 1 is 1.16 bits per heavy atom. The first kappa shape index (κ1) is 17.7. The summed E-state index contributed by atoms with van der Waals surface area (Å²) in [6, 6.07) is 9.68. The molecular weight excluding hydrogens is 340 g/mol. The largest absolute Gasteiger partial charge is 0.464 e. The van der Waals surface area contributed by atoms with E-state index in [-0.39, 0.29) is 6.09 Å². The fourth-order valence-corrected chi connectivity index (χ4v) is 3.12. The van der Waals surface area contributed by atoms with Gasteiger partial charge in [0.05, 0.1) is 17.0 Å². The number of anilines is 1. The van der Waals surface area contributed by atoms with E-state index in [0.29, 0.717) is 18.1 Å². The van der Waals surface area contributed by atoms with Crippen LogP contribution in [0.25, 0.3) is 11.3 Å². The number of nitrogens with zero attached hydrogens (tertiary/aromatic N) is 2. The molecular formula is C19H23ClN2O3. The Balaban J connectivity index is 1.64. The molecule has 1 amide bonds. The SMILES string of the molecule is CC(C)(C)OC(=O)N1CCN(c2ccc(-c3ccco3)cc2Cl)CC1. The third-order valence-electron chi connectivity index (χ3n) is 4.03. The maximum absolute atomic E-state index is 12.1. The van der Waals surface area contributed by atoms with Crippen molar-refractivity contribution in [1.82, 2.24) is 4.90 Å². The number of carbonyl (C=O) groups is 1. The molecule has 1 fully saturated rings. The molecule has 0 aliphatic carbocycles. The van der Waals surface area contributed by atoms with E-state index >= 15 is 0 Å². The number of amides is 1. The Kier molecular flexibility index (Phi) is 4.95. The quantitative estimate of drug-likeness (QED) is 0.779. The number of benzene rings is 1. The smallest absolute Gasteiger partial charge is 0.410 e. The second-order valence-electron chi connectivity index (χ2n) is 7.10. The third kappa shape index (κ3) is 4.28. The lowest BCUT2D eigenvalue weighted by molar-refractivity contribution is 0.0240. The van der Waals surface area contributed by atoms with Gasteiger partial charge in [0.2, 0.25) is 0 Å². The minimum absolute atomic E-state index is 0.258. The lowest BCUT2D eigenvalue weighted by Gasteiger charge is -2.37. The zero-order valence-electron chi connectivity index (χ0n) is 14.8. The van der Waals surface area contributed by atoms with E-state index in [2.05, 4.69) is 4.90 Å². The van der Waals surface area contributed by atoms with Crippen molar-refractivity contribution < 1.29 is 13.9 Å². The van der Waals surface area contributed by atoms with Crippen molar-refractivity contribution in [3.63, 3.8) is 0 Å². The summed E-state index contributed by atoms with van der Waals surface area (Å²) in [4.78, 5) is 16.1. The first-order valence-corrected chi connectivity index (χ1v) is 8.77. The van der Waals surface area contributed by atoms with Gasteiger partial charge in [0.25, 0.3) is 0 Å². The van der Waals surface area contributed by atoms with Crippen LogP contribution in [0.15, 0.2) is 41.0 Å². The van der Waals surface area contributed by atoms with Crippen LogP contribution in [-0.4, -0.2) is 42.8 Å². The zero-order chi connectivity index (χ0) is 18.0. The maximum Gasteiger partial charge on any atom is 0.410 e. The van der Waals surface area contributed by atoms with E-state index in [9.17, 15) is 4.79 Å². The van der Waals surface area contributed by atoms with Crippen molar-refractivity contribution in [2.24, 2.45) is 0 Å². The molecule has 25 heavy (non-hydrogen) atoms. The van der Waals surface area contributed by atoms with Crippen LogP contribution in [0.5, 0.6) is 0 Å². The van der Waals surface area contributed by atoms with E-state index in [4.69, 9.17) is 20.8 Å². The molecule has 1 aromatic heterocycles. The molecule has 134 valence electrons. The summed E-state index contributed by atoms with van der Waals surface area (Å²) < 4.78 is 10.8. The van der Waals surface area contributed by atoms with E-state index < -0.39 is 5.60 Å². The molecule has 0 saturated carbocycles. The lowest BCUT2D eigenvalue weighted by atomic mass is 10.1. The number of halogens is 1. The van der Waals surface area contributed by atoms with Crippen LogP contribution in [0.3, 0.4) is 0 Å². The number of carbonyl (C=O) groups excluding carboxylic acids is 1. The average Bonchev–Trinajstić information content (AvgIpc) is 3.08. The summed E-state index contributed by atoms with van der Waals surface area (Å²) in [5, 5.41) is 0.680. The van der Waals surface area contributed by atoms with Crippen molar-refractivity contribution in [3.05, 3.63) is 41.6 Å². The molecule has 1 aromatic carbocycles. The van der Waals surface area contributed by atoms with Crippen LogP contribution in [0.1, 0.15) is 20.8 Å². The van der Waals surface area contributed by atoms with Crippen LogP contribution >= 0.6 is 11.6 Å². The van der Waals surface area contributed by atoms with Crippen LogP contribution in [-0.2, 0) is 4.74 Å². The van der Waals surface area contributed by atoms with Crippen LogP contribution < -0.4 is 4.90 Å². The summed E-state index contributed by atoms with van der Waals surface area (Å²) >= 11 is 6.48. The normalized spacial score (nSPS) is 15.4. The average molecular weight is 363 g/mol. The second kappa shape index (κ2) is 7.00. The van der Waals surface area contributed by atoms with Crippen molar-refractivity contribution in [1.29, 1.82) is 0 Å². The molecule has 0 spiro atoms. The molecule has 0 atom stereocenters. The predicted octanol–water partition coefficient (Wildman–Crippen LogP) is 4.66. The summed E-state index contributed by atoms with van der Waals surface area (Å²) in [7, 11) is 0. The summed E-state index contributed by atoms with van der Waals surface area (Å²) in [5.74, 6) is 0.795.